The minimum atomic E-state index is -0.742. The van der Waals surface area contributed by atoms with E-state index >= 15 is 0 Å². The molecule has 1 rings (SSSR count). The minimum Gasteiger partial charge on any atom is -0.496 e. The third kappa shape index (κ3) is 6.34. The molecule has 132 valence electrons. The van der Waals surface area contributed by atoms with Gasteiger partial charge in [-0.25, -0.2) is 4.79 Å². The second-order valence-corrected chi connectivity index (χ2v) is 7.25. The van der Waals surface area contributed by atoms with E-state index in [1.54, 1.807) is 39.8 Å². The van der Waals surface area contributed by atoms with Crippen LogP contribution in [0.2, 0.25) is 0 Å². The smallest absolute Gasteiger partial charge is 0.408 e. The van der Waals surface area contributed by atoms with Crippen molar-refractivity contribution < 1.29 is 19.0 Å². The summed E-state index contributed by atoms with van der Waals surface area (Å²) < 4.78 is 16.5. The highest BCUT2D eigenvalue weighted by molar-refractivity contribution is 14.1. The largest absolute Gasteiger partial charge is 0.496 e. The number of nitrogens with one attached hydrogen (secondary N) is 3. The van der Waals surface area contributed by atoms with E-state index in [4.69, 9.17) is 25.0 Å². The van der Waals surface area contributed by atoms with E-state index in [2.05, 4.69) is 27.9 Å². The number of carbonyl (C=O) groups is 1. The van der Waals surface area contributed by atoms with Crippen LogP contribution in [-0.4, -0.2) is 36.6 Å². The molecule has 0 saturated carbocycles. The molecule has 3 N–H and O–H groups in total. The number of alkyl carbamates (subject to hydrolysis) is 1. The van der Waals surface area contributed by atoms with Crippen LogP contribution in [0.3, 0.4) is 0 Å². The van der Waals surface area contributed by atoms with Crippen LogP contribution in [0.15, 0.2) is 18.2 Å². The number of halogens is 1. The summed E-state index contributed by atoms with van der Waals surface area (Å²) in [5.41, 5.74) is -0.202. The normalized spacial score (nSPS) is 12.1. The molecule has 8 heteroatoms. The number of hydrogen-bond acceptors (Lipinski definition) is 6. The predicted molar refractivity (Wildman–Crippen MR) is 100 cm³/mol. The third-order valence-corrected chi connectivity index (χ3v) is 3.42. The van der Waals surface area contributed by atoms with Gasteiger partial charge in [0.1, 0.15) is 17.4 Å². The zero-order valence-corrected chi connectivity index (χ0v) is 16.5. The van der Waals surface area contributed by atoms with Crippen LogP contribution >= 0.6 is 22.6 Å². The number of amides is 1. The van der Waals surface area contributed by atoms with Gasteiger partial charge in [-0.05, 0) is 68.5 Å². The highest BCUT2D eigenvalue weighted by Crippen LogP contribution is 2.22. The summed E-state index contributed by atoms with van der Waals surface area (Å²) in [5, 5.41) is 18.4. The first-order chi connectivity index (χ1) is 11.0. The number of hydrogen-bond donors (Lipinski definition) is 3. The van der Waals surface area contributed by atoms with Gasteiger partial charge in [-0.2, -0.15) is 0 Å². The molecule has 0 radical (unpaired) electrons. The van der Waals surface area contributed by atoms with Gasteiger partial charge in [-0.15, -0.1) is 0 Å². The van der Waals surface area contributed by atoms with E-state index in [-0.39, 0.29) is 11.8 Å². The quantitative estimate of drug-likeness (QED) is 0.373. The number of carbonyl (C=O) groups excluding carboxylic acids is 1. The lowest BCUT2D eigenvalue weighted by atomic mass is 10.2. The Morgan fingerprint density at radius 1 is 1.29 bits per heavy atom. The Morgan fingerprint density at radius 3 is 2.46 bits per heavy atom. The van der Waals surface area contributed by atoms with Crippen LogP contribution < -0.4 is 10.1 Å². The molecule has 1 amide bonds. The molecule has 1 aromatic carbocycles. The summed E-state index contributed by atoms with van der Waals surface area (Å²) in [6, 6.07) is 4.55. The van der Waals surface area contributed by atoms with E-state index in [0.29, 0.717) is 11.3 Å². The first-order valence-electron chi connectivity index (χ1n) is 7.21. The number of methoxy groups -OCH3 is 1. The molecule has 0 fully saturated rings. The van der Waals surface area contributed by atoms with E-state index in [9.17, 15) is 4.79 Å². The van der Waals surface area contributed by atoms with Gasteiger partial charge >= 0.3 is 6.09 Å². The molecular weight excluding hydrogens is 425 g/mol. The SMILES string of the molecule is COc1ccc(I)cc1C(=N)OC(=N)[C@H](C)NC(=O)OC(C)(C)C. The molecule has 0 bridgehead atoms. The van der Waals surface area contributed by atoms with Crippen molar-refractivity contribution in [1.82, 2.24) is 5.32 Å². The second-order valence-electron chi connectivity index (χ2n) is 6.01. The maximum atomic E-state index is 11.7. The Morgan fingerprint density at radius 2 is 1.92 bits per heavy atom. The first-order valence-corrected chi connectivity index (χ1v) is 8.29. The molecule has 1 atom stereocenters. The summed E-state index contributed by atoms with van der Waals surface area (Å²) >= 11 is 2.11. The van der Waals surface area contributed by atoms with Crippen molar-refractivity contribution in [1.29, 1.82) is 10.8 Å². The van der Waals surface area contributed by atoms with Crippen molar-refractivity contribution in [2.75, 3.05) is 7.11 Å². The Kier molecular flexibility index (Phi) is 7.00. The number of benzene rings is 1. The highest BCUT2D eigenvalue weighted by atomic mass is 127. The van der Waals surface area contributed by atoms with Crippen molar-refractivity contribution in [2.45, 2.75) is 39.3 Å². The molecular formula is C16H22IN3O4. The summed E-state index contributed by atoms with van der Waals surface area (Å²) in [4.78, 5) is 11.7. The van der Waals surface area contributed by atoms with Crippen LogP contribution in [0.25, 0.3) is 0 Å². The average molecular weight is 447 g/mol. The van der Waals surface area contributed by atoms with Gasteiger partial charge in [0.15, 0.2) is 0 Å². The first kappa shape index (κ1) is 20.2. The van der Waals surface area contributed by atoms with E-state index < -0.39 is 17.7 Å². The van der Waals surface area contributed by atoms with E-state index in [1.165, 1.54) is 7.11 Å². The third-order valence-electron chi connectivity index (χ3n) is 2.74. The summed E-state index contributed by atoms with van der Waals surface area (Å²) in [7, 11) is 1.50. The van der Waals surface area contributed by atoms with E-state index in [1.807, 2.05) is 6.07 Å². The molecule has 0 aliphatic carbocycles. The zero-order chi connectivity index (χ0) is 18.5. The molecule has 0 aliphatic heterocycles. The molecule has 1 aromatic rings. The van der Waals surface area contributed by atoms with Crippen molar-refractivity contribution in [3.63, 3.8) is 0 Å². The van der Waals surface area contributed by atoms with Crippen molar-refractivity contribution in [2.24, 2.45) is 0 Å². The van der Waals surface area contributed by atoms with Crippen LogP contribution in [0.1, 0.15) is 33.3 Å². The molecule has 7 nitrogen and oxygen atoms in total. The molecule has 0 aliphatic rings. The maximum Gasteiger partial charge on any atom is 0.408 e. The van der Waals surface area contributed by atoms with Gasteiger partial charge in [0.05, 0.1) is 12.7 Å². The standard InChI is InChI=1S/C16H22IN3O4/c1-9(20-15(21)24-16(2,3)4)13(18)23-14(19)11-8-10(17)6-7-12(11)22-5/h6-9,18-19H,1-5H3,(H,20,21)/t9-/m0/s1. The predicted octanol–water partition coefficient (Wildman–Crippen LogP) is 3.53. The van der Waals surface area contributed by atoms with Crippen LogP contribution in [-0.2, 0) is 9.47 Å². The Labute approximate surface area is 155 Å². The summed E-state index contributed by atoms with van der Waals surface area (Å²) in [5.74, 6) is -0.0269. The minimum absolute atomic E-state index is 0.229. The molecule has 0 spiro atoms. The van der Waals surface area contributed by atoms with Gasteiger partial charge in [-0.1, -0.05) is 0 Å². The molecule has 0 unspecified atom stereocenters. The van der Waals surface area contributed by atoms with E-state index in [0.717, 1.165) is 3.57 Å². The monoisotopic (exact) mass is 447 g/mol. The molecule has 0 saturated heterocycles. The fourth-order valence-electron chi connectivity index (χ4n) is 1.66. The molecule has 0 aromatic heterocycles. The van der Waals surface area contributed by atoms with Crippen LogP contribution in [0.5, 0.6) is 5.75 Å². The van der Waals surface area contributed by atoms with Gasteiger partial charge in [0.2, 0.25) is 11.8 Å². The lowest BCUT2D eigenvalue weighted by Gasteiger charge is -2.22. The topological polar surface area (TPSA) is 104 Å². The maximum absolute atomic E-state index is 11.7. The Balaban J connectivity index is 2.72. The number of rotatable bonds is 4. The van der Waals surface area contributed by atoms with Gasteiger partial charge in [-0.3, -0.25) is 10.8 Å². The lowest BCUT2D eigenvalue weighted by Crippen LogP contribution is -2.42. The van der Waals surface area contributed by atoms with Crippen LogP contribution in [0.4, 0.5) is 4.79 Å². The summed E-state index contributed by atoms with van der Waals surface area (Å²) in [6.45, 7) is 6.82. The van der Waals surface area contributed by atoms with Crippen molar-refractivity contribution >= 4 is 40.5 Å². The molecule has 0 heterocycles. The fourth-order valence-corrected chi connectivity index (χ4v) is 2.15. The lowest BCUT2D eigenvalue weighted by molar-refractivity contribution is 0.0518. The second kappa shape index (κ2) is 8.32. The fraction of sp³-hybridized carbons (Fsp3) is 0.438. The van der Waals surface area contributed by atoms with Crippen LogP contribution in [0, 0.1) is 14.4 Å². The Hall–Kier alpha value is -1.84. The van der Waals surface area contributed by atoms with Gasteiger partial charge < -0.3 is 19.5 Å². The van der Waals surface area contributed by atoms with Crippen molar-refractivity contribution in [3.8, 4) is 5.75 Å². The zero-order valence-electron chi connectivity index (χ0n) is 14.3. The number of ether oxygens (including phenoxy) is 3. The summed E-state index contributed by atoms with van der Waals surface area (Å²) in [6.07, 6.45) is -0.651. The average Bonchev–Trinajstić information content (AvgIpc) is 2.44. The van der Waals surface area contributed by atoms with Crippen molar-refractivity contribution in [3.05, 3.63) is 27.3 Å². The van der Waals surface area contributed by atoms with Gasteiger partial charge in [0.25, 0.3) is 0 Å². The van der Waals surface area contributed by atoms with Gasteiger partial charge in [0, 0.05) is 3.57 Å². The molecule has 24 heavy (non-hydrogen) atoms. The Bertz CT molecular complexity index is 641. The highest BCUT2D eigenvalue weighted by Gasteiger charge is 2.22.